The third-order valence-electron chi connectivity index (χ3n) is 3.01. The summed E-state index contributed by atoms with van der Waals surface area (Å²) in [5.41, 5.74) is 1.26. The number of benzene rings is 1. The number of aliphatic hydroxyl groups excluding tert-OH is 1. The number of hydrogen-bond donors (Lipinski definition) is 2. The fourth-order valence-electron chi connectivity index (χ4n) is 1.56. The molecule has 0 aromatic heterocycles. The molecule has 17 heavy (non-hydrogen) atoms. The van der Waals surface area contributed by atoms with Crippen LogP contribution in [-0.2, 0) is 15.4 Å². The summed E-state index contributed by atoms with van der Waals surface area (Å²) >= 11 is 0. The van der Waals surface area contributed by atoms with Gasteiger partial charge in [0.15, 0.2) is 0 Å². The van der Waals surface area contributed by atoms with Crippen LogP contribution in [0.2, 0.25) is 0 Å². The molecule has 96 valence electrons. The number of aliphatic hydroxyl groups is 1. The van der Waals surface area contributed by atoms with E-state index in [-0.39, 0.29) is 12.0 Å². The largest absolute Gasteiger partial charge is 0.395 e. The lowest BCUT2D eigenvalue weighted by Crippen LogP contribution is -2.25. The molecule has 1 aromatic carbocycles. The summed E-state index contributed by atoms with van der Waals surface area (Å²) < 4.78 is 24.5. The zero-order valence-corrected chi connectivity index (χ0v) is 11.2. The molecule has 1 unspecified atom stereocenters. The second-order valence-electron chi connectivity index (χ2n) is 4.52. The van der Waals surface area contributed by atoms with Crippen molar-refractivity contribution in [2.75, 3.05) is 17.6 Å². The third kappa shape index (κ3) is 3.71. The number of rotatable bonds is 5. The Hall–Kier alpha value is -1.07. The van der Waals surface area contributed by atoms with Crippen LogP contribution in [0.15, 0.2) is 24.3 Å². The Labute approximate surface area is 103 Å². The molecule has 0 fully saturated rings. The van der Waals surface area contributed by atoms with E-state index in [9.17, 15) is 13.5 Å². The van der Waals surface area contributed by atoms with Crippen LogP contribution in [0.25, 0.3) is 0 Å². The van der Waals surface area contributed by atoms with Crippen molar-refractivity contribution in [3.8, 4) is 0 Å². The topological polar surface area (TPSA) is 66.4 Å². The molecule has 0 heterocycles. The second-order valence-corrected chi connectivity index (χ2v) is 6.27. The minimum atomic E-state index is -3.24. The van der Waals surface area contributed by atoms with Crippen LogP contribution in [-0.4, -0.2) is 26.4 Å². The maximum atomic E-state index is 11.0. The van der Waals surface area contributed by atoms with Gasteiger partial charge in [0.05, 0.1) is 12.9 Å². The van der Waals surface area contributed by atoms with E-state index >= 15 is 0 Å². The van der Waals surface area contributed by atoms with E-state index in [1.165, 1.54) is 0 Å². The molecule has 0 amide bonds. The molecule has 0 aliphatic heterocycles. The molecule has 5 heteroatoms. The highest BCUT2D eigenvalue weighted by Crippen LogP contribution is 2.27. The number of hydrogen-bond acceptors (Lipinski definition) is 3. The smallest absolute Gasteiger partial charge is 0.229 e. The summed E-state index contributed by atoms with van der Waals surface area (Å²) in [5.74, 6) is 0. The number of nitrogens with one attached hydrogen (secondary N) is 1. The van der Waals surface area contributed by atoms with Crippen molar-refractivity contribution in [2.24, 2.45) is 0 Å². The number of sulfonamides is 1. The van der Waals surface area contributed by atoms with Gasteiger partial charge in [-0.1, -0.05) is 26.0 Å². The van der Waals surface area contributed by atoms with E-state index in [4.69, 9.17) is 0 Å². The highest BCUT2D eigenvalue weighted by atomic mass is 32.2. The van der Waals surface area contributed by atoms with Crippen LogP contribution in [0.5, 0.6) is 0 Å². The highest BCUT2D eigenvalue weighted by Gasteiger charge is 2.23. The predicted molar refractivity (Wildman–Crippen MR) is 69.6 cm³/mol. The molecule has 0 spiro atoms. The minimum absolute atomic E-state index is 0.0718. The molecular formula is C12H19NO3S. The van der Waals surface area contributed by atoms with Crippen molar-refractivity contribution in [3.63, 3.8) is 0 Å². The van der Waals surface area contributed by atoms with Gasteiger partial charge >= 0.3 is 0 Å². The van der Waals surface area contributed by atoms with Gasteiger partial charge in [0.25, 0.3) is 0 Å². The molecule has 1 rings (SSSR count). The fraction of sp³-hybridized carbons (Fsp3) is 0.500. The van der Waals surface area contributed by atoms with Gasteiger partial charge in [0.2, 0.25) is 10.0 Å². The van der Waals surface area contributed by atoms with E-state index in [1.54, 1.807) is 12.1 Å². The predicted octanol–water partition coefficient (Wildman–Crippen LogP) is 1.72. The summed E-state index contributed by atoms with van der Waals surface area (Å²) in [6.45, 7) is 4.06. The van der Waals surface area contributed by atoms with Gasteiger partial charge in [-0.05, 0) is 24.1 Å². The van der Waals surface area contributed by atoms with Gasteiger partial charge in [-0.2, -0.15) is 0 Å². The molecular weight excluding hydrogens is 238 g/mol. The SMILES string of the molecule is CCC(C)(CO)c1ccc(NS(C)(=O)=O)cc1. The Morgan fingerprint density at radius 2 is 1.82 bits per heavy atom. The van der Waals surface area contributed by atoms with Gasteiger partial charge < -0.3 is 5.11 Å². The van der Waals surface area contributed by atoms with Crippen molar-refractivity contribution in [3.05, 3.63) is 29.8 Å². The molecule has 0 saturated carbocycles. The van der Waals surface area contributed by atoms with E-state index in [2.05, 4.69) is 4.72 Å². The summed E-state index contributed by atoms with van der Waals surface area (Å²) in [6, 6.07) is 7.10. The molecule has 4 nitrogen and oxygen atoms in total. The summed E-state index contributed by atoms with van der Waals surface area (Å²) in [6.07, 6.45) is 1.94. The maximum absolute atomic E-state index is 11.0. The standard InChI is InChI=1S/C12H19NO3S/c1-4-12(2,9-14)10-5-7-11(8-6-10)13-17(3,15)16/h5-8,13-14H,4,9H2,1-3H3. The quantitative estimate of drug-likeness (QED) is 0.844. The van der Waals surface area contributed by atoms with Crippen LogP contribution in [0.1, 0.15) is 25.8 Å². The summed E-state index contributed by atoms with van der Waals surface area (Å²) in [4.78, 5) is 0. The lowest BCUT2D eigenvalue weighted by Gasteiger charge is -2.26. The summed E-state index contributed by atoms with van der Waals surface area (Å²) in [7, 11) is -3.24. The van der Waals surface area contributed by atoms with Crippen LogP contribution < -0.4 is 4.72 Å². The lowest BCUT2D eigenvalue weighted by molar-refractivity contribution is 0.201. The zero-order valence-electron chi connectivity index (χ0n) is 10.4. The number of anilines is 1. The molecule has 2 N–H and O–H groups in total. The molecule has 0 radical (unpaired) electrons. The van der Waals surface area contributed by atoms with Crippen molar-refractivity contribution >= 4 is 15.7 Å². The lowest BCUT2D eigenvalue weighted by atomic mass is 9.81. The Kier molecular flexibility index (Phi) is 4.16. The average Bonchev–Trinajstić information content (AvgIpc) is 2.27. The van der Waals surface area contributed by atoms with E-state index in [0.717, 1.165) is 18.2 Å². The van der Waals surface area contributed by atoms with Crippen molar-refractivity contribution < 1.29 is 13.5 Å². The average molecular weight is 257 g/mol. The molecule has 1 atom stereocenters. The van der Waals surface area contributed by atoms with Crippen molar-refractivity contribution in [2.45, 2.75) is 25.7 Å². The molecule has 0 aliphatic carbocycles. The molecule has 0 bridgehead atoms. The first kappa shape index (κ1) is 14.0. The van der Waals surface area contributed by atoms with Gasteiger partial charge in [-0.15, -0.1) is 0 Å². The van der Waals surface area contributed by atoms with Crippen LogP contribution in [0.4, 0.5) is 5.69 Å². The Bertz CT molecular complexity index is 461. The van der Waals surface area contributed by atoms with Gasteiger partial charge in [-0.25, -0.2) is 8.42 Å². The van der Waals surface area contributed by atoms with Crippen molar-refractivity contribution in [1.29, 1.82) is 0 Å². The molecule has 0 aliphatic rings. The fourth-order valence-corrected chi connectivity index (χ4v) is 2.13. The Balaban J connectivity index is 2.96. The maximum Gasteiger partial charge on any atom is 0.229 e. The monoisotopic (exact) mass is 257 g/mol. The Morgan fingerprint density at radius 3 is 2.18 bits per heavy atom. The second kappa shape index (κ2) is 5.06. The normalized spacial score (nSPS) is 15.3. The highest BCUT2D eigenvalue weighted by molar-refractivity contribution is 7.92. The van der Waals surface area contributed by atoms with Gasteiger partial charge in [-0.3, -0.25) is 4.72 Å². The van der Waals surface area contributed by atoms with Gasteiger partial charge in [0, 0.05) is 11.1 Å². The Morgan fingerprint density at radius 1 is 1.29 bits per heavy atom. The van der Waals surface area contributed by atoms with Gasteiger partial charge in [0.1, 0.15) is 0 Å². The van der Waals surface area contributed by atoms with Crippen LogP contribution in [0.3, 0.4) is 0 Å². The first-order chi connectivity index (χ1) is 7.80. The third-order valence-corrected chi connectivity index (χ3v) is 3.62. The van der Waals surface area contributed by atoms with Crippen LogP contribution in [0, 0.1) is 0 Å². The molecule has 0 saturated heterocycles. The first-order valence-electron chi connectivity index (χ1n) is 5.50. The summed E-state index contributed by atoms with van der Waals surface area (Å²) in [5, 5.41) is 9.38. The first-order valence-corrected chi connectivity index (χ1v) is 7.39. The van der Waals surface area contributed by atoms with E-state index in [0.29, 0.717) is 5.69 Å². The molecule has 1 aromatic rings. The van der Waals surface area contributed by atoms with E-state index in [1.807, 2.05) is 26.0 Å². The van der Waals surface area contributed by atoms with Crippen molar-refractivity contribution in [1.82, 2.24) is 0 Å². The minimum Gasteiger partial charge on any atom is -0.395 e. The van der Waals surface area contributed by atoms with Crippen LogP contribution >= 0.6 is 0 Å². The zero-order chi connectivity index (χ0) is 13.1. The van der Waals surface area contributed by atoms with E-state index < -0.39 is 10.0 Å².